The summed E-state index contributed by atoms with van der Waals surface area (Å²) in [7, 11) is 0. The molecule has 0 saturated carbocycles. The summed E-state index contributed by atoms with van der Waals surface area (Å²) < 4.78 is 28.9. The fourth-order valence-electron chi connectivity index (χ4n) is 5.10. The lowest BCUT2D eigenvalue weighted by Crippen LogP contribution is -2.35. The molecule has 6 aromatic rings. The van der Waals surface area contributed by atoms with Crippen LogP contribution in [0.15, 0.2) is 78.4 Å². The van der Waals surface area contributed by atoms with E-state index in [1.807, 2.05) is 65.0 Å². The van der Waals surface area contributed by atoms with Crippen LogP contribution in [0.3, 0.4) is 0 Å². The van der Waals surface area contributed by atoms with E-state index >= 15 is 0 Å². The summed E-state index contributed by atoms with van der Waals surface area (Å²) in [5.41, 5.74) is 17.7. The molecule has 0 aliphatic carbocycles. The number of oxazole rings is 2. The predicted octanol–water partition coefficient (Wildman–Crippen LogP) is 9.48. The Kier molecular flexibility index (Phi) is 12.7. The lowest BCUT2D eigenvalue weighted by molar-refractivity contribution is -0.365. The van der Waals surface area contributed by atoms with Crippen molar-refractivity contribution in [1.82, 2.24) is 9.97 Å². The van der Waals surface area contributed by atoms with Crippen LogP contribution in [0.2, 0.25) is 0 Å². The van der Waals surface area contributed by atoms with Crippen molar-refractivity contribution in [2.45, 2.75) is 47.5 Å². The number of halogens is 2. The van der Waals surface area contributed by atoms with Gasteiger partial charge in [0.2, 0.25) is 0 Å². The summed E-state index contributed by atoms with van der Waals surface area (Å²) in [6.07, 6.45) is 0. The molecule has 11 nitrogen and oxygen atoms in total. The minimum Gasteiger partial charge on any atom is -0.505 e. The van der Waals surface area contributed by atoms with E-state index < -0.39 is 5.97 Å². The number of hydrogen-bond acceptors (Lipinski definition) is 11. The topological polar surface area (TPSA) is 172 Å². The third-order valence-corrected chi connectivity index (χ3v) is 8.44. The van der Waals surface area contributed by atoms with Gasteiger partial charge in [-0.2, -0.15) is 0 Å². The normalized spacial score (nSPS) is 11.3. The third-order valence-electron chi connectivity index (χ3n) is 7.12. The standard InChI is InChI=1S/C16H11BrN2O2.C12H11BrN2O2.C8H18O3/c1-8-18-12-5-3-4-10(15(12)20-8)14-11(17)6-7-13-16(14)21-9(2)19-13;13-7-4-5-9(15)12(17)10(7)6-2-1-3-8(14)11(6)16;1-5-9-8(4,10-6-2)11-7-3/h3-7H,1-2H3;1-5,16-17H,14-15H2;5-7H2,1-4H3. The highest BCUT2D eigenvalue weighted by Crippen LogP contribution is 2.45. The molecule has 2 heterocycles. The highest BCUT2D eigenvalue weighted by atomic mass is 79.9. The first-order chi connectivity index (χ1) is 23.3. The van der Waals surface area contributed by atoms with Gasteiger partial charge < -0.3 is 44.7 Å². The van der Waals surface area contributed by atoms with Crippen LogP contribution in [0.5, 0.6) is 11.5 Å². The van der Waals surface area contributed by atoms with Crippen molar-refractivity contribution in [3.63, 3.8) is 0 Å². The summed E-state index contributed by atoms with van der Waals surface area (Å²) in [5.74, 6) is 0.285. The molecule has 2 aromatic heterocycles. The Labute approximate surface area is 301 Å². The van der Waals surface area contributed by atoms with Crippen molar-refractivity contribution >= 4 is 65.4 Å². The molecule has 0 unspecified atom stereocenters. The molecule has 0 saturated heterocycles. The lowest BCUT2D eigenvalue weighted by atomic mass is 10.0. The number of nitrogens with zero attached hydrogens (tertiary/aromatic N) is 2. The number of para-hydroxylation sites is 2. The van der Waals surface area contributed by atoms with Gasteiger partial charge in [-0.1, -0.05) is 56.1 Å². The monoisotopic (exact) mass is 798 g/mol. The highest BCUT2D eigenvalue weighted by Gasteiger charge is 2.24. The van der Waals surface area contributed by atoms with Gasteiger partial charge in [0.05, 0.1) is 11.4 Å². The maximum Gasteiger partial charge on any atom is 0.279 e. The Morgan fingerprint density at radius 2 is 1.14 bits per heavy atom. The SMILES string of the molecule is CCOC(C)(OCC)OCC.Cc1nc2cccc(-c3c(Br)ccc4nc(C)oc34)c2o1.Nc1cccc(-c2c(Br)ccc(N)c2O)c1O. The number of anilines is 2. The number of phenolic OH excluding ortho intramolecular Hbond substituents is 2. The van der Waals surface area contributed by atoms with Crippen LogP contribution in [0.25, 0.3) is 44.5 Å². The molecule has 0 bridgehead atoms. The first kappa shape index (κ1) is 37.7. The lowest BCUT2D eigenvalue weighted by Gasteiger charge is -2.27. The van der Waals surface area contributed by atoms with Gasteiger partial charge in [-0.25, -0.2) is 9.97 Å². The molecule has 0 aliphatic heterocycles. The zero-order chi connectivity index (χ0) is 35.9. The van der Waals surface area contributed by atoms with Crippen LogP contribution in [-0.2, 0) is 14.2 Å². The van der Waals surface area contributed by atoms with Gasteiger partial charge in [0, 0.05) is 71.8 Å². The summed E-state index contributed by atoms with van der Waals surface area (Å²) in [6.45, 7) is 13.0. The predicted molar refractivity (Wildman–Crippen MR) is 199 cm³/mol. The molecule has 49 heavy (non-hydrogen) atoms. The van der Waals surface area contributed by atoms with Gasteiger partial charge in [0.1, 0.15) is 22.5 Å². The Balaban J connectivity index is 0.000000175. The average Bonchev–Trinajstić information content (AvgIpc) is 3.63. The van der Waals surface area contributed by atoms with E-state index in [4.69, 9.17) is 34.5 Å². The van der Waals surface area contributed by atoms with Gasteiger partial charge >= 0.3 is 0 Å². The fraction of sp³-hybridized carbons (Fsp3) is 0.278. The maximum atomic E-state index is 9.94. The van der Waals surface area contributed by atoms with E-state index in [9.17, 15) is 10.2 Å². The Bertz CT molecular complexity index is 2030. The second-order valence-electron chi connectivity index (χ2n) is 10.7. The van der Waals surface area contributed by atoms with Gasteiger partial charge in [0.25, 0.3) is 5.97 Å². The molecule has 6 rings (SSSR count). The molecular formula is C36H40Br2N4O7. The van der Waals surface area contributed by atoms with Crippen molar-refractivity contribution in [2.75, 3.05) is 31.3 Å². The number of hydrogen-bond donors (Lipinski definition) is 4. The zero-order valence-electron chi connectivity index (χ0n) is 28.1. The molecule has 0 spiro atoms. The minimum atomic E-state index is -0.849. The molecular weight excluding hydrogens is 760 g/mol. The van der Waals surface area contributed by atoms with Crippen molar-refractivity contribution in [3.05, 3.63) is 81.4 Å². The summed E-state index contributed by atoms with van der Waals surface area (Å²) in [5, 5.41) is 19.8. The number of aryl methyl sites for hydroxylation is 2. The van der Waals surface area contributed by atoms with E-state index in [1.54, 1.807) is 37.3 Å². The summed E-state index contributed by atoms with van der Waals surface area (Å²) >= 11 is 6.92. The van der Waals surface area contributed by atoms with Crippen LogP contribution in [0.4, 0.5) is 11.4 Å². The number of aromatic hydroxyl groups is 2. The number of fused-ring (bicyclic) bond motifs is 2. The van der Waals surface area contributed by atoms with E-state index in [2.05, 4.69) is 41.8 Å². The number of nitrogens with two attached hydrogens (primary N) is 2. The molecule has 4 aromatic carbocycles. The van der Waals surface area contributed by atoms with Crippen LogP contribution in [0, 0.1) is 13.8 Å². The molecule has 0 amide bonds. The molecule has 6 N–H and O–H groups in total. The zero-order valence-corrected chi connectivity index (χ0v) is 31.3. The first-order valence-electron chi connectivity index (χ1n) is 15.5. The second-order valence-corrected chi connectivity index (χ2v) is 12.4. The number of rotatable bonds is 8. The quantitative estimate of drug-likeness (QED) is 0.0656. The van der Waals surface area contributed by atoms with E-state index in [0.29, 0.717) is 47.2 Å². The maximum absolute atomic E-state index is 9.94. The van der Waals surface area contributed by atoms with Crippen LogP contribution in [-0.4, -0.2) is 46.0 Å². The molecule has 0 atom stereocenters. The number of benzene rings is 4. The number of phenols is 2. The average molecular weight is 801 g/mol. The smallest absolute Gasteiger partial charge is 0.279 e. The van der Waals surface area contributed by atoms with E-state index in [-0.39, 0.29) is 22.9 Å². The van der Waals surface area contributed by atoms with Gasteiger partial charge in [-0.15, -0.1) is 0 Å². The Hall–Kier alpha value is -4.14. The highest BCUT2D eigenvalue weighted by molar-refractivity contribution is 9.11. The number of ether oxygens (including phenoxy) is 3. The molecule has 0 fully saturated rings. The second kappa shape index (κ2) is 16.5. The summed E-state index contributed by atoms with van der Waals surface area (Å²) in [6, 6.07) is 18.0. The van der Waals surface area contributed by atoms with Gasteiger partial charge in [-0.05, 0) is 57.2 Å². The Morgan fingerprint density at radius 3 is 1.76 bits per heavy atom. The van der Waals surface area contributed by atoms with Crippen LogP contribution < -0.4 is 11.5 Å². The van der Waals surface area contributed by atoms with E-state index in [0.717, 1.165) is 37.8 Å². The number of aromatic nitrogens is 2. The molecule has 0 radical (unpaired) electrons. The van der Waals surface area contributed by atoms with Crippen molar-refractivity contribution in [1.29, 1.82) is 0 Å². The third kappa shape index (κ3) is 8.72. The van der Waals surface area contributed by atoms with E-state index in [1.165, 1.54) is 0 Å². The largest absolute Gasteiger partial charge is 0.505 e. The first-order valence-corrected chi connectivity index (χ1v) is 17.1. The van der Waals surface area contributed by atoms with Crippen LogP contribution in [0.1, 0.15) is 39.5 Å². The molecule has 13 heteroatoms. The fourth-order valence-corrected chi connectivity index (χ4v) is 6.16. The number of nitrogen functional groups attached to an aromatic ring is 2. The minimum absolute atomic E-state index is 0.0749. The Morgan fingerprint density at radius 1 is 0.653 bits per heavy atom. The van der Waals surface area contributed by atoms with Gasteiger partial charge in [0.15, 0.2) is 22.9 Å². The van der Waals surface area contributed by atoms with Crippen molar-refractivity contribution in [2.24, 2.45) is 0 Å². The van der Waals surface area contributed by atoms with Crippen molar-refractivity contribution in [3.8, 4) is 33.8 Å². The molecule has 260 valence electrons. The van der Waals surface area contributed by atoms with Gasteiger partial charge in [-0.3, -0.25) is 0 Å². The van der Waals surface area contributed by atoms with Crippen molar-refractivity contribution < 1.29 is 33.3 Å². The molecule has 0 aliphatic rings. The van der Waals surface area contributed by atoms with Crippen LogP contribution >= 0.6 is 31.9 Å². The summed E-state index contributed by atoms with van der Waals surface area (Å²) in [4.78, 5) is 8.78.